The number of unbranched alkanes of at least 4 members (excludes halogenated alkanes) is 3. The molecule has 0 aliphatic carbocycles. The lowest BCUT2D eigenvalue weighted by molar-refractivity contribution is 0.0665. The van der Waals surface area contributed by atoms with Crippen molar-refractivity contribution in [3.8, 4) is 5.75 Å². The number of anilines is 1. The van der Waals surface area contributed by atoms with Gasteiger partial charge in [0, 0.05) is 26.2 Å². The van der Waals surface area contributed by atoms with Gasteiger partial charge in [-0.05, 0) is 37.7 Å². The first-order valence-electron chi connectivity index (χ1n) is 11.2. The first kappa shape index (κ1) is 22.8. The zero-order valence-corrected chi connectivity index (χ0v) is 18.6. The number of piperazine rings is 1. The van der Waals surface area contributed by atoms with Crippen molar-refractivity contribution in [1.29, 1.82) is 0 Å². The third kappa shape index (κ3) is 6.31. The molecular weight excluding hydrogens is 390 g/mol. The van der Waals surface area contributed by atoms with Crippen LogP contribution in [0.25, 0.3) is 0 Å². The van der Waals surface area contributed by atoms with E-state index in [1.807, 2.05) is 35.2 Å². The van der Waals surface area contributed by atoms with Gasteiger partial charge in [0.2, 0.25) is 0 Å². The fourth-order valence-corrected chi connectivity index (χ4v) is 3.64. The first-order chi connectivity index (χ1) is 15.1. The highest BCUT2D eigenvalue weighted by molar-refractivity contribution is 6.10. The number of nitrogens with zero attached hydrogens (tertiary/aromatic N) is 2. The minimum absolute atomic E-state index is 0.0514. The van der Waals surface area contributed by atoms with E-state index >= 15 is 0 Å². The summed E-state index contributed by atoms with van der Waals surface area (Å²) in [5.41, 5.74) is 1.51. The summed E-state index contributed by atoms with van der Waals surface area (Å²) in [5.74, 6) is 0.242. The van der Waals surface area contributed by atoms with Crippen molar-refractivity contribution < 1.29 is 14.3 Å². The number of carbonyl (C=O) groups is 2. The lowest BCUT2D eigenvalue weighted by Crippen LogP contribution is -2.47. The van der Waals surface area contributed by atoms with Crippen molar-refractivity contribution in [2.24, 2.45) is 0 Å². The molecule has 0 radical (unpaired) electrons. The summed E-state index contributed by atoms with van der Waals surface area (Å²) in [6.07, 6.45) is 4.44. The van der Waals surface area contributed by atoms with Crippen molar-refractivity contribution in [1.82, 2.24) is 9.80 Å². The normalized spacial score (nSPS) is 14.3. The van der Waals surface area contributed by atoms with Crippen LogP contribution in [0.5, 0.6) is 5.75 Å². The molecule has 6 nitrogen and oxygen atoms in total. The lowest BCUT2D eigenvalue weighted by Gasteiger charge is -2.32. The van der Waals surface area contributed by atoms with Crippen molar-refractivity contribution in [2.45, 2.75) is 32.6 Å². The Hall–Kier alpha value is -2.86. The summed E-state index contributed by atoms with van der Waals surface area (Å²) in [7, 11) is 2.05. The number of hydrogen-bond acceptors (Lipinski definition) is 4. The van der Waals surface area contributed by atoms with Gasteiger partial charge in [0.15, 0.2) is 0 Å². The standard InChI is InChI=1S/C25H33N3O3/c1-3-4-5-10-19-31-23-14-9-7-12-21(23)24(29)26-22-13-8-6-11-20(22)25(30)28-17-15-27(2)16-18-28/h6-9,11-14H,3-5,10,15-19H2,1-2H3,(H,26,29). The third-order valence-corrected chi connectivity index (χ3v) is 5.58. The highest BCUT2D eigenvalue weighted by Crippen LogP contribution is 2.23. The Morgan fingerprint density at radius 3 is 2.32 bits per heavy atom. The van der Waals surface area contributed by atoms with E-state index in [0.29, 0.717) is 42.3 Å². The van der Waals surface area contributed by atoms with Gasteiger partial charge in [0.05, 0.1) is 23.4 Å². The van der Waals surface area contributed by atoms with Crippen LogP contribution in [-0.4, -0.2) is 61.4 Å². The van der Waals surface area contributed by atoms with E-state index in [2.05, 4.69) is 24.2 Å². The minimum atomic E-state index is -0.275. The molecule has 0 spiro atoms. The van der Waals surface area contributed by atoms with Crippen LogP contribution in [0.1, 0.15) is 53.3 Å². The van der Waals surface area contributed by atoms with Crippen LogP contribution in [-0.2, 0) is 0 Å². The average molecular weight is 424 g/mol. The predicted molar refractivity (Wildman–Crippen MR) is 124 cm³/mol. The molecule has 1 fully saturated rings. The molecule has 0 saturated carbocycles. The Bertz CT molecular complexity index is 876. The fourth-order valence-electron chi connectivity index (χ4n) is 3.64. The molecule has 2 aromatic rings. The number of hydrogen-bond donors (Lipinski definition) is 1. The van der Waals surface area contributed by atoms with Crippen molar-refractivity contribution >= 4 is 17.5 Å². The smallest absolute Gasteiger partial charge is 0.259 e. The predicted octanol–water partition coefficient (Wildman–Crippen LogP) is 4.29. The van der Waals surface area contributed by atoms with Gasteiger partial charge in [0.25, 0.3) is 11.8 Å². The van der Waals surface area contributed by atoms with Gasteiger partial charge in [0.1, 0.15) is 5.75 Å². The monoisotopic (exact) mass is 423 g/mol. The Labute approximate surface area is 185 Å². The van der Waals surface area contributed by atoms with Crippen LogP contribution >= 0.6 is 0 Å². The summed E-state index contributed by atoms with van der Waals surface area (Å²) >= 11 is 0. The van der Waals surface area contributed by atoms with Gasteiger partial charge in [-0.25, -0.2) is 0 Å². The fraction of sp³-hybridized carbons (Fsp3) is 0.440. The Kier molecular flexibility index (Phi) is 8.47. The van der Waals surface area contributed by atoms with Crippen LogP contribution in [0.3, 0.4) is 0 Å². The van der Waals surface area contributed by atoms with Gasteiger partial charge in [-0.15, -0.1) is 0 Å². The molecule has 1 saturated heterocycles. The van der Waals surface area contributed by atoms with Crippen LogP contribution in [0.15, 0.2) is 48.5 Å². The maximum atomic E-state index is 13.1. The molecule has 0 atom stereocenters. The Morgan fingerprint density at radius 1 is 0.903 bits per heavy atom. The molecular formula is C25H33N3O3. The SMILES string of the molecule is CCCCCCOc1ccccc1C(=O)Nc1ccccc1C(=O)N1CCN(C)CC1. The second-order valence-electron chi connectivity index (χ2n) is 8.00. The number of para-hydroxylation sites is 2. The average Bonchev–Trinajstić information content (AvgIpc) is 2.79. The molecule has 0 aromatic heterocycles. The first-order valence-corrected chi connectivity index (χ1v) is 11.2. The van der Waals surface area contributed by atoms with Crippen LogP contribution in [0, 0.1) is 0 Å². The number of ether oxygens (including phenoxy) is 1. The number of benzene rings is 2. The van der Waals surface area contributed by atoms with E-state index in [-0.39, 0.29) is 11.8 Å². The number of carbonyl (C=O) groups excluding carboxylic acids is 2. The van der Waals surface area contributed by atoms with Crippen LogP contribution < -0.4 is 10.1 Å². The molecule has 0 bridgehead atoms. The summed E-state index contributed by atoms with van der Waals surface area (Å²) < 4.78 is 5.88. The van der Waals surface area contributed by atoms with Crippen molar-refractivity contribution in [3.63, 3.8) is 0 Å². The lowest BCUT2D eigenvalue weighted by atomic mass is 10.1. The second-order valence-corrected chi connectivity index (χ2v) is 8.00. The Morgan fingerprint density at radius 2 is 1.58 bits per heavy atom. The summed E-state index contributed by atoms with van der Waals surface area (Å²) in [5, 5.41) is 2.93. The summed E-state index contributed by atoms with van der Waals surface area (Å²) in [4.78, 5) is 30.2. The molecule has 6 heteroatoms. The highest BCUT2D eigenvalue weighted by Gasteiger charge is 2.23. The van der Waals surface area contributed by atoms with E-state index in [1.54, 1.807) is 18.2 Å². The van der Waals surface area contributed by atoms with E-state index in [1.165, 1.54) is 12.8 Å². The van der Waals surface area contributed by atoms with Gasteiger partial charge in [-0.1, -0.05) is 50.5 Å². The zero-order valence-electron chi connectivity index (χ0n) is 18.6. The van der Waals surface area contributed by atoms with Gasteiger partial charge in [-0.2, -0.15) is 0 Å². The molecule has 31 heavy (non-hydrogen) atoms. The number of likely N-dealkylation sites (N-methyl/N-ethyl adjacent to an activating group) is 1. The molecule has 1 heterocycles. The molecule has 1 aliphatic rings. The maximum absolute atomic E-state index is 13.1. The van der Waals surface area contributed by atoms with Crippen LogP contribution in [0.2, 0.25) is 0 Å². The van der Waals surface area contributed by atoms with E-state index in [4.69, 9.17) is 4.74 Å². The minimum Gasteiger partial charge on any atom is -0.493 e. The molecule has 1 N–H and O–H groups in total. The number of rotatable bonds is 9. The van der Waals surface area contributed by atoms with Gasteiger partial charge in [-0.3, -0.25) is 9.59 Å². The van der Waals surface area contributed by atoms with E-state index in [0.717, 1.165) is 25.9 Å². The molecule has 2 amide bonds. The van der Waals surface area contributed by atoms with Crippen molar-refractivity contribution in [2.75, 3.05) is 45.2 Å². The topological polar surface area (TPSA) is 61.9 Å². The number of nitrogens with one attached hydrogen (secondary N) is 1. The summed E-state index contributed by atoms with van der Waals surface area (Å²) in [6.45, 7) is 5.83. The quantitative estimate of drug-likeness (QED) is 0.612. The molecule has 1 aliphatic heterocycles. The maximum Gasteiger partial charge on any atom is 0.259 e. The van der Waals surface area contributed by atoms with Crippen molar-refractivity contribution in [3.05, 3.63) is 59.7 Å². The number of amides is 2. The second kappa shape index (κ2) is 11.5. The molecule has 166 valence electrons. The highest BCUT2D eigenvalue weighted by atomic mass is 16.5. The van der Waals surface area contributed by atoms with Gasteiger partial charge >= 0.3 is 0 Å². The zero-order chi connectivity index (χ0) is 22.1. The Balaban J connectivity index is 1.69. The van der Waals surface area contributed by atoms with Gasteiger partial charge < -0.3 is 19.9 Å². The molecule has 2 aromatic carbocycles. The van der Waals surface area contributed by atoms with Crippen LogP contribution in [0.4, 0.5) is 5.69 Å². The molecule has 3 rings (SSSR count). The third-order valence-electron chi connectivity index (χ3n) is 5.58. The van der Waals surface area contributed by atoms with E-state index < -0.39 is 0 Å². The van der Waals surface area contributed by atoms with E-state index in [9.17, 15) is 9.59 Å². The molecule has 0 unspecified atom stereocenters. The largest absolute Gasteiger partial charge is 0.493 e. The summed E-state index contributed by atoms with van der Waals surface area (Å²) in [6, 6.07) is 14.4.